The zero-order chi connectivity index (χ0) is 17.4. The fourth-order valence-electron chi connectivity index (χ4n) is 3.67. The van der Waals surface area contributed by atoms with Gasteiger partial charge in [0.05, 0.1) is 12.3 Å². The summed E-state index contributed by atoms with van der Waals surface area (Å²) in [5, 5.41) is 4.81. The average molecular weight is 339 g/mol. The molecule has 1 aromatic heterocycles. The van der Waals surface area contributed by atoms with Crippen molar-refractivity contribution in [3.8, 4) is 0 Å². The van der Waals surface area contributed by atoms with Gasteiger partial charge in [0.25, 0.3) is 5.91 Å². The number of carbonyl (C=O) groups is 1. The first-order valence-electron chi connectivity index (χ1n) is 9.05. The van der Waals surface area contributed by atoms with Crippen LogP contribution in [0.25, 0.3) is 0 Å². The second kappa shape index (κ2) is 6.64. The minimum atomic E-state index is 0.0883. The largest absolute Gasteiger partial charge is 0.384 e. The van der Waals surface area contributed by atoms with Crippen LogP contribution in [0.2, 0.25) is 0 Å². The third kappa shape index (κ3) is 3.47. The number of aryl methyl sites for hydroxylation is 1. The zero-order valence-corrected chi connectivity index (χ0v) is 14.9. The number of hydrogen-bond acceptors (Lipinski definition) is 3. The Kier molecular flexibility index (Phi) is 4.34. The van der Waals surface area contributed by atoms with Crippen molar-refractivity contribution in [2.75, 3.05) is 20.3 Å². The third-order valence-corrected chi connectivity index (χ3v) is 5.12. The minimum absolute atomic E-state index is 0.0883. The summed E-state index contributed by atoms with van der Waals surface area (Å²) in [6.45, 7) is 4.89. The highest BCUT2D eigenvalue weighted by atomic mass is 16.5. The fourth-order valence-corrected chi connectivity index (χ4v) is 3.67. The molecule has 0 saturated heterocycles. The van der Waals surface area contributed by atoms with Crippen molar-refractivity contribution >= 4 is 5.91 Å². The van der Waals surface area contributed by atoms with Crippen LogP contribution in [0.3, 0.4) is 0 Å². The minimum Gasteiger partial charge on any atom is -0.384 e. The monoisotopic (exact) mass is 339 g/mol. The highest BCUT2D eigenvalue weighted by molar-refractivity contribution is 5.94. The molecule has 0 spiro atoms. The summed E-state index contributed by atoms with van der Waals surface area (Å²) in [6, 6.07) is 7.81. The fraction of sp³-hybridized carbons (Fsp3) is 0.500. The molecule has 1 aliphatic carbocycles. The molecule has 25 heavy (non-hydrogen) atoms. The molecule has 1 fully saturated rings. The smallest absolute Gasteiger partial charge is 0.254 e. The zero-order valence-electron chi connectivity index (χ0n) is 14.9. The standard InChI is InChI=1S/C20H25N3O2/c1-14-4-3-5-16(8-14)20(24)22-10-17-12-23(9-15-6-7-15)21-19(17)18(11-22)13-25-2/h3-5,8,12,15,18H,6-7,9-11,13H2,1-2H3/t18-/m0/s1. The molecule has 0 N–H and O–H groups in total. The molecule has 0 unspecified atom stereocenters. The van der Waals surface area contributed by atoms with Gasteiger partial charge in [-0.3, -0.25) is 9.48 Å². The van der Waals surface area contributed by atoms with Crippen molar-refractivity contribution in [3.05, 3.63) is 52.8 Å². The van der Waals surface area contributed by atoms with Crippen LogP contribution in [-0.2, 0) is 17.8 Å². The van der Waals surface area contributed by atoms with Crippen LogP contribution in [0.15, 0.2) is 30.5 Å². The van der Waals surface area contributed by atoms with E-state index in [9.17, 15) is 4.79 Å². The van der Waals surface area contributed by atoms with Gasteiger partial charge >= 0.3 is 0 Å². The summed E-state index contributed by atoms with van der Waals surface area (Å²) in [5.41, 5.74) is 4.13. The van der Waals surface area contributed by atoms with Crippen molar-refractivity contribution in [2.24, 2.45) is 5.92 Å². The number of methoxy groups -OCH3 is 1. The van der Waals surface area contributed by atoms with Gasteiger partial charge in [-0.05, 0) is 37.8 Å². The molecule has 1 aliphatic heterocycles. The highest BCUT2D eigenvalue weighted by Crippen LogP contribution is 2.33. The number of hydrogen-bond donors (Lipinski definition) is 0. The average Bonchev–Trinajstić information content (AvgIpc) is 3.31. The summed E-state index contributed by atoms with van der Waals surface area (Å²) in [7, 11) is 1.71. The Morgan fingerprint density at radius 1 is 1.36 bits per heavy atom. The molecule has 2 aliphatic rings. The first-order chi connectivity index (χ1) is 12.1. The van der Waals surface area contributed by atoms with Crippen molar-refractivity contribution in [3.63, 3.8) is 0 Å². The number of carbonyl (C=O) groups excluding carboxylic acids is 1. The molecule has 1 atom stereocenters. The Morgan fingerprint density at radius 2 is 2.20 bits per heavy atom. The van der Waals surface area contributed by atoms with Gasteiger partial charge in [0.1, 0.15) is 0 Å². The Balaban J connectivity index is 1.58. The molecule has 5 heteroatoms. The van der Waals surface area contributed by atoms with Crippen LogP contribution >= 0.6 is 0 Å². The number of rotatable bonds is 5. The molecule has 4 rings (SSSR count). The maximum absolute atomic E-state index is 13.0. The van der Waals surface area contributed by atoms with E-state index in [1.54, 1.807) is 7.11 Å². The molecule has 1 aromatic carbocycles. The van der Waals surface area contributed by atoms with E-state index in [4.69, 9.17) is 9.84 Å². The van der Waals surface area contributed by atoms with Crippen LogP contribution in [0.5, 0.6) is 0 Å². The van der Waals surface area contributed by atoms with Gasteiger partial charge in [0.15, 0.2) is 0 Å². The number of fused-ring (bicyclic) bond motifs is 1. The lowest BCUT2D eigenvalue weighted by Crippen LogP contribution is -2.39. The summed E-state index contributed by atoms with van der Waals surface area (Å²) < 4.78 is 7.48. The Bertz CT molecular complexity index is 779. The van der Waals surface area contributed by atoms with E-state index in [0.29, 0.717) is 19.7 Å². The van der Waals surface area contributed by atoms with Gasteiger partial charge in [-0.15, -0.1) is 0 Å². The van der Waals surface area contributed by atoms with E-state index >= 15 is 0 Å². The Hall–Kier alpha value is -2.14. The lowest BCUT2D eigenvalue weighted by Gasteiger charge is -2.31. The topological polar surface area (TPSA) is 47.4 Å². The second-order valence-electron chi connectivity index (χ2n) is 7.41. The number of amides is 1. The van der Waals surface area contributed by atoms with Gasteiger partial charge in [0, 0.05) is 50.0 Å². The molecule has 5 nitrogen and oxygen atoms in total. The van der Waals surface area contributed by atoms with E-state index < -0.39 is 0 Å². The lowest BCUT2D eigenvalue weighted by molar-refractivity contribution is 0.0678. The van der Waals surface area contributed by atoms with Crippen LogP contribution in [0.1, 0.15) is 45.9 Å². The van der Waals surface area contributed by atoms with E-state index in [-0.39, 0.29) is 11.8 Å². The second-order valence-corrected chi connectivity index (χ2v) is 7.41. The van der Waals surface area contributed by atoms with Gasteiger partial charge in [-0.1, -0.05) is 17.7 Å². The maximum atomic E-state index is 13.0. The van der Waals surface area contributed by atoms with E-state index in [1.807, 2.05) is 36.1 Å². The van der Waals surface area contributed by atoms with Crippen LogP contribution in [0, 0.1) is 12.8 Å². The summed E-state index contributed by atoms with van der Waals surface area (Å²) in [6.07, 6.45) is 4.75. The molecule has 132 valence electrons. The van der Waals surface area contributed by atoms with Gasteiger partial charge in [-0.2, -0.15) is 5.10 Å². The molecule has 0 bridgehead atoms. The molecule has 1 amide bonds. The van der Waals surface area contributed by atoms with Crippen LogP contribution in [0.4, 0.5) is 0 Å². The molecular weight excluding hydrogens is 314 g/mol. The number of ether oxygens (including phenoxy) is 1. The first-order valence-corrected chi connectivity index (χ1v) is 9.05. The van der Waals surface area contributed by atoms with Crippen molar-refractivity contribution in [1.82, 2.24) is 14.7 Å². The molecular formula is C20H25N3O2. The van der Waals surface area contributed by atoms with Crippen molar-refractivity contribution < 1.29 is 9.53 Å². The normalized spacial score (nSPS) is 19.8. The van der Waals surface area contributed by atoms with Gasteiger partial charge < -0.3 is 9.64 Å². The predicted octanol–water partition coefficient (Wildman–Crippen LogP) is 2.99. The van der Waals surface area contributed by atoms with E-state index in [0.717, 1.165) is 34.8 Å². The summed E-state index contributed by atoms with van der Waals surface area (Å²) >= 11 is 0. The Labute approximate surface area is 148 Å². The van der Waals surface area contributed by atoms with Gasteiger partial charge in [-0.25, -0.2) is 0 Å². The highest BCUT2D eigenvalue weighted by Gasteiger charge is 2.32. The maximum Gasteiger partial charge on any atom is 0.254 e. The number of aromatic nitrogens is 2. The van der Waals surface area contributed by atoms with Crippen LogP contribution in [-0.4, -0.2) is 40.8 Å². The Morgan fingerprint density at radius 3 is 2.92 bits per heavy atom. The third-order valence-electron chi connectivity index (χ3n) is 5.12. The summed E-state index contributed by atoms with van der Waals surface area (Å²) in [4.78, 5) is 14.9. The predicted molar refractivity (Wildman–Crippen MR) is 95.5 cm³/mol. The summed E-state index contributed by atoms with van der Waals surface area (Å²) in [5.74, 6) is 1.01. The van der Waals surface area contributed by atoms with E-state index in [2.05, 4.69) is 10.9 Å². The SMILES string of the molecule is COC[C@@H]1CN(C(=O)c2cccc(C)c2)Cc2cn(CC3CC3)nc21. The van der Waals surface area contributed by atoms with Gasteiger partial charge in [0.2, 0.25) is 0 Å². The van der Waals surface area contributed by atoms with E-state index in [1.165, 1.54) is 12.8 Å². The first kappa shape index (κ1) is 16.3. The number of benzene rings is 1. The van der Waals surface area contributed by atoms with Crippen LogP contribution < -0.4 is 0 Å². The molecule has 2 heterocycles. The molecule has 1 saturated carbocycles. The molecule has 0 radical (unpaired) electrons. The van der Waals surface area contributed by atoms with Crippen molar-refractivity contribution in [2.45, 2.75) is 38.8 Å². The lowest BCUT2D eigenvalue weighted by atomic mass is 9.96. The molecule has 2 aromatic rings. The van der Waals surface area contributed by atoms with Crippen molar-refractivity contribution in [1.29, 1.82) is 0 Å². The number of nitrogens with zero attached hydrogens (tertiary/aromatic N) is 3. The quantitative estimate of drug-likeness (QED) is 0.841.